The number of hydrogen-bond acceptors (Lipinski definition) is 10. The minimum Gasteiger partial charge on any atom is -0.475 e. The number of rotatable bonds is 5. The van der Waals surface area contributed by atoms with Crippen LogP contribution in [0.2, 0.25) is 0 Å². The van der Waals surface area contributed by atoms with Crippen molar-refractivity contribution < 1.29 is 23.1 Å². The normalized spacial score (nSPS) is 18.8. The van der Waals surface area contributed by atoms with Gasteiger partial charge in [0, 0.05) is 30.3 Å². The number of fused-ring (bicyclic) bond motifs is 4. The number of aromatic nitrogens is 4. The number of benzene rings is 2. The Labute approximate surface area is 281 Å². The van der Waals surface area contributed by atoms with Crippen molar-refractivity contribution >= 4 is 27.6 Å². The second kappa shape index (κ2) is 12.4. The van der Waals surface area contributed by atoms with Crippen LogP contribution in [0, 0.1) is 19.3 Å². The fraction of sp³-hybridized carbons (Fsp3) is 0.400. The van der Waals surface area contributed by atoms with E-state index in [0.717, 1.165) is 22.4 Å². The lowest BCUT2D eigenvalue weighted by Gasteiger charge is -2.45. The molecule has 2 aromatic heterocycles. The minimum atomic E-state index is -4.19. The second-order valence-corrected chi connectivity index (χ2v) is 15.9. The van der Waals surface area contributed by atoms with Gasteiger partial charge in [0.2, 0.25) is 11.8 Å². The lowest BCUT2D eigenvalue weighted by atomic mass is 9.87. The molecule has 48 heavy (non-hydrogen) atoms. The lowest BCUT2D eigenvalue weighted by Crippen LogP contribution is -2.60. The average Bonchev–Trinajstić information content (AvgIpc) is 3.00. The summed E-state index contributed by atoms with van der Waals surface area (Å²) in [4.78, 5) is 36.1. The van der Waals surface area contributed by atoms with Crippen molar-refractivity contribution in [3.05, 3.63) is 83.4 Å². The molecule has 2 aliphatic rings. The zero-order chi connectivity index (χ0) is 34.4. The summed E-state index contributed by atoms with van der Waals surface area (Å²) in [5.41, 5.74) is 3.30. The molecular weight excluding hydrogens is 630 g/mol. The summed E-state index contributed by atoms with van der Waals surface area (Å²) in [5.74, 6) is 0.0607. The van der Waals surface area contributed by atoms with Gasteiger partial charge in [-0.15, -0.1) is 0 Å². The first-order valence-corrected chi connectivity index (χ1v) is 17.4. The number of amides is 1. The van der Waals surface area contributed by atoms with Crippen molar-refractivity contribution in [2.75, 3.05) is 29.3 Å². The smallest absolute Gasteiger partial charge is 0.264 e. The fourth-order valence-corrected chi connectivity index (χ4v) is 7.24. The van der Waals surface area contributed by atoms with Gasteiger partial charge < -0.3 is 19.6 Å². The topological polar surface area (TPSA) is 151 Å². The van der Waals surface area contributed by atoms with E-state index >= 15 is 0 Å². The van der Waals surface area contributed by atoms with Crippen molar-refractivity contribution in [3.63, 3.8) is 0 Å². The number of nitrogens with zero attached hydrogens (tertiary/aromatic N) is 6. The summed E-state index contributed by atoms with van der Waals surface area (Å²) in [6.07, 6.45) is 3.93. The molecule has 6 rings (SSSR count). The van der Waals surface area contributed by atoms with E-state index < -0.39 is 21.7 Å². The van der Waals surface area contributed by atoms with E-state index in [2.05, 4.69) is 45.4 Å². The Balaban J connectivity index is 1.43. The van der Waals surface area contributed by atoms with Crippen LogP contribution in [0.3, 0.4) is 0 Å². The molecule has 2 N–H and O–H groups in total. The lowest BCUT2D eigenvalue weighted by molar-refractivity contribution is 0.0309. The number of anilines is 2. The standard InChI is InChI=1S/C35H41N7O5S/c1-22-9-7-10-23(2)31(22)28-14-30-39-33(38-28)40-48(45,46)27-12-8-11-24(13-27)32(43)42(25(19-47-30)15-34(3,4)5)18-29-36-16-26(17-37-29)41-20-35(6,44)21-41/h7-14,16-17,25,44H,15,18-21H2,1-6H3,(H,38,39,40)/t25-/m1/s1. The molecule has 4 aromatic rings. The summed E-state index contributed by atoms with van der Waals surface area (Å²) in [6.45, 7) is 13.1. The third kappa shape index (κ3) is 7.26. The zero-order valence-corrected chi connectivity index (χ0v) is 28.9. The van der Waals surface area contributed by atoms with E-state index in [-0.39, 0.29) is 46.8 Å². The van der Waals surface area contributed by atoms with E-state index in [1.807, 2.05) is 36.9 Å². The predicted octanol–water partition coefficient (Wildman–Crippen LogP) is 4.76. The third-order valence-corrected chi connectivity index (χ3v) is 9.79. The van der Waals surface area contributed by atoms with Crippen LogP contribution in [-0.4, -0.2) is 75.6 Å². The maximum atomic E-state index is 14.4. The van der Waals surface area contributed by atoms with Gasteiger partial charge in [0.25, 0.3) is 15.9 Å². The van der Waals surface area contributed by atoms with Crippen LogP contribution in [0.4, 0.5) is 11.6 Å². The van der Waals surface area contributed by atoms with Crippen LogP contribution >= 0.6 is 0 Å². The molecule has 13 heteroatoms. The Morgan fingerprint density at radius 3 is 2.33 bits per heavy atom. The number of sulfonamides is 1. The number of carbonyl (C=O) groups is 1. The molecule has 2 aliphatic heterocycles. The number of aliphatic hydroxyl groups is 1. The largest absolute Gasteiger partial charge is 0.475 e. The molecule has 0 saturated carbocycles. The van der Waals surface area contributed by atoms with Crippen molar-refractivity contribution in [2.45, 2.75) is 71.0 Å². The van der Waals surface area contributed by atoms with E-state index in [9.17, 15) is 18.3 Å². The molecule has 1 atom stereocenters. The summed E-state index contributed by atoms with van der Waals surface area (Å²) < 4.78 is 36.1. The zero-order valence-electron chi connectivity index (χ0n) is 28.1. The van der Waals surface area contributed by atoms with Crippen LogP contribution in [0.25, 0.3) is 11.3 Å². The first-order valence-electron chi connectivity index (χ1n) is 15.9. The number of nitrogens with one attached hydrogen (secondary N) is 1. The molecule has 4 bridgehead atoms. The highest BCUT2D eigenvalue weighted by Gasteiger charge is 2.37. The van der Waals surface area contributed by atoms with Crippen LogP contribution in [-0.2, 0) is 16.6 Å². The Morgan fingerprint density at radius 1 is 1.02 bits per heavy atom. The summed E-state index contributed by atoms with van der Waals surface area (Å²) >= 11 is 0. The predicted molar refractivity (Wildman–Crippen MR) is 182 cm³/mol. The molecule has 2 aromatic carbocycles. The first-order chi connectivity index (χ1) is 22.6. The average molecular weight is 672 g/mol. The maximum absolute atomic E-state index is 14.4. The van der Waals surface area contributed by atoms with E-state index in [1.54, 1.807) is 42.4 Å². The molecule has 0 spiro atoms. The van der Waals surface area contributed by atoms with Crippen LogP contribution < -0.4 is 14.4 Å². The van der Waals surface area contributed by atoms with Gasteiger partial charge in [0.05, 0.1) is 46.9 Å². The summed E-state index contributed by atoms with van der Waals surface area (Å²) in [5, 5.41) is 10.2. The highest BCUT2D eigenvalue weighted by atomic mass is 32.2. The molecule has 4 heterocycles. The molecule has 0 aliphatic carbocycles. The molecule has 0 unspecified atom stereocenters. The Kier molecular flexibility index (Phi) is 8.63. The van der Waals surface area contributed by atoms with Gasteiger partial charge in [0.1, 0.15) is 12.4 Å². The van der Waals surface area contributed by atoms with Crippen LogP contribution in [0.5, 0.6) is 5.88 Å². The Morgan fingerprint density at radius 2 is 1.69 bits per heavy atom. The number of β-amino-alcohol motifs (C(OH)–C–C–N with tert-alkyl or cyclic N) is 1. The van der Waals surface area contributed by atoms with Gasteiger partial charge in [0.15, 0.2) is 0 Å². The fourth-order valence-electron chi connectivity index (χ4n) is 6.25. The Hall–Kier alpha value is -4.62. The molecule has 1 fully saturated rings. The highest BCUT2D eigenvalue weighted by Crippen LogP contribution is 2.32. The molecule has 12 nitrogen and oxygen atoms in total. The van der Waals surface area contributed by atoms with Crippen LogP contribution in [0.15, 0.2) is 65.8 Å². The molecule has 1 saturated heterocycles. The number of hydrogen-bond donors (Lipinski definition) is 2. The van der Waals surface area contributed by atoms with E-state index in [1.165, 1.54) is 12.1 Å². The van der Waals surface area contributed by atoms with Gasteiger partial charge >= 0.3 is 0 Å². The second-order valence-electron chi connectivity index (χ2n) is 14.2. The maximum Gasteiger partial charge on any atom is 0.264 e. The van der Waals surface area contributed by atoms with Crippen molar-refractivity contribution in [1.29, 1.82) is 0 Å². The minimum absolute atomic E-state index is 0.0544. The molecular formula is C35H41N7O5S. The van der Waals surface area contributed by atoms with Gasteiger partial charge in [-0.3, -0.25) is 4.79 Å². The van der Waals surface area contributed by atoms with Gasteiger partial charge in [-0.2, -0.15) is 4.98 Å². The van der Waals surface area contributed by atoms with E-state index in [0.29, 0.717) is 31.0 Å². The van der Waals surface area contributed by atoms with Crippen LogP contribution in [0.1, 0.15) is 61.4 Å². The molecule has 1 amide bonds. The van der Waals surface area contributed by atoms with Gasteiger partial charge in [-0.25, -0.2) is 28.1 Å². The highest BCUT2D eigenvalue weighted by molar-refractivity contribution is 7.92. The number of aryl methyl sites for hydroxylation is 2. The SMILES string of the molecule is Cc1cccc(C)c1-c1cc2nc(n1)NS(=O)(=O)c1cccc(c1)C(=O)N(Cc1ncc(N3CC(C)(O)C3)cn1)[C@H](CC(C)(C)C)CO2. The van der Waals surface area contributed by atoms with Crippen molar-refractivity contribution in [3.8, 4) is 17.1 Å². The first kappa shape index (κ1) is 33.3. The molecule has 0 radical (unpaired) electrons. The Bertz CT molecular complexity index is 1930. The van der Waals surface area contributed by atoms with Crippen molar-refractivity contribution in [1.82, 2.24) is 24.8 Å². The quantitative estimate of drug-likeness (QED) is 0.304. The number of carbonyl (C=O) groups excluding carboxylic acids is 1. The monoisotopic (exact) mass is 671 g/mol. The molecule has 252 valence electrons. The van der Waals surface area contributed by atoms with Crippen molar-refractivity contribution in [2.24, 2.45) is 5.41 Å². The van der Waals surface area contributed by atoms with E-state index in [4.69, 9.17) is 4.74 Å². The summed E-state index contributed by atoms with van der Waals surface area (Å²) in [6, 6.07) is 13.0. The third-order valence-electron chi connectivity index (χ3n) is 8.46. The number of ether oxygens (including phenoxy) is 1. The summed E-state index contributed by atoms with van der Waals surface area (Å²) in [7, 11) is -4.19. The van der Waals surface area contributed by atoms with Gasteiger partial charge in [-0.05, 0) is 61.9 Å². The van der Waals surface area contributed by atoms with Gasteiger partial charge in [-0.1, -0.05) is 45.0 Å².